The summed E-state index contributed by atoms with van der Waals surface area (Å²) in [6.45, 7) is 6.34. The van der Waals surface area contributed by atoms with E-state index in [-0.39, 0.29) is 18.4 Å². The van der Waals surface area contributed by atoms with Crippen LogP contribution in [0.15, 0.2) is 0 Å². The molecule has 2 rings (SSSR count). The number of carbonyl (C=O) groups is 3. The molecule has 2 N–H and O–H groups in total. The molecule has 0 saturated heterocycles. The average molecular weight is 485 g/mol. The lowest BCUT2D eigenvalue weighted by atomic mass is 9.74. The Morgan fingerprint density at radius 2 is 1.44 bits per heavy atom. The van der Waals surface area contributed by atoms with Crippen LogP contribution in [0.3, 0.4) is 0 Å². The van der Waals surface area contributed by atoms with E-state index < -0.39 is 42.0 Å². The highest BCUT2D eigenvalue weighted by atomic mass is 17.2. The molecular weight excluding hydrogens is 440 g/mol. The summed E-state index contributed by atoms with van der Waals surface area (Å²) >= 11 is 0. The summed E-state index contributed by atoms with van der Waals surface area (Å²) in [6, 6.07) is 0. The maximum atomic E-state index is 12.9. The summed E-state index contributed by atoms with van der Waals surface area (Å²) in [7, 11) is 0. The van der Waals surface area contributed by atoms with Crippen LogP contribution in [0, 0.1) is 35.5 Å². The van der Waals surface area contributed by atoms with Crippen molar-refractivity contribution in [3.8, 4) is 0 Å². The summed E-state index contributed by atoms with van der Waals surface area (Å²) in [5.74, 6) is -3.74. The molecule has 0 bridgehead atoms. The first-order chi connectivity index (χ1) is 16.2. The van der Waals surface area contributed by atoms with Crippen molar-refractivity contribution in [2.45, 2.75) is 104 Å². The van der Waals surface area contributed by atoms with Crippen molar-refractivity contribution in [3.05, 3.63) is 0 Å². The van der Waals surface area contributed by atoms with Gasteiger partial charge in [0.25, 0.3) is 0 Å². The summed E-state index contributed by atoms with van der Waals surface area (Å²) in [5.41, 5.74) is 0. The Morgan fingerprint density at radius 1 is 0.824 bits per heavy atom. The third kappa shape index (κ3) is 9.17. The molecule has 0 aromatic rings. The quantitative estimate of drug-likeness (QED) is 0.110. The van der Waals surface area contributed by atoms with Crippen LogP contribution < -0.4 is 0 Å². The molecule has 2 aliphatic rings. The Bertz CT molecular complexity index is 651. The number of aliphatic carboxylic acids is 2. The van der Waals surface area contributed by atoms with Gasteiger partial charge in [-0.2, -0.15) is 4.89 Å². The van der Waals surface area contributed by atoms with E-state index in [0.29, 0.717) is 31.6 Å². The van der Waals surface area contributed by atoms with E-state index in [9.17, 15) is 24.6 Å². The van der Waals surface area contributed by atoms with Crippen molar-refractivity contribution in [2.24, 2.45) is 35.5 Å². The summed E-state index contributed by atoms with van der Waals surface area (Å²) in [6.07, 6.45) is 8.72. The fourth-order valence-corrected chi connectivity index (χ4v) is 5.34. The number of hydrogen-bond acceptors (Lipinski definition) is 6. The number of esters is 1. The molecule has 2 fully saturated rings. The Kier molecular flexibility index (Phi) is 12.3. The van der Waals surface area contributed by atoms with Gasteiger partial charge < -0.3 is 14.9 Å². The zero-order valence-corrected chi connectivity index (χ0v) is 21.1. The van der Waals surface area contributed by atoms with E-state index in [4.69, 9.17) is 14.5 Å². The zero-order valence-electron chi connectivity index (χ0n) is 21.1. The van der Waals surface area contributed by atoms with E-state index in [1.54, 1.807) is 0 Å². The largest absolute Gasteiger partial charge is 0.481 e. The lowest BCUT2D eigenvalue weighted by Gasteiger charge is -2.32. The van der Waals surface area contributed by atoms with Crippen LogP contribution in [0.2, 0.25) is 0 Å². The molecule has 34 heavy (non-hydrogen) atoms. The minimum atomic E-state index is -0.965. The second-order valence-electron chi connectivity index (χ2n) is 10.5. The smallest absolute Gasteiger partial charge is 0.312 e. The number of hydrogen-bond donors (Lipinski definition) is 2. The number of carboxylic acid groups (broad SMARTS) is 2. The van der Waals surface area contributed by atoms with E-state index in [0.717, 1.165) is 51.4 Å². The Hall–Kier alpha value is -1.67. The maximum absolute atomic E-state index is 12.9. The van der Waals surface area contributed by atoms with Crippen molar-refractivity contribution in [3.63, 3.8) is 0 Å². The zero-order chi connectivity index (χ0) is 25.1. The number of ether oxygens (including phenoxy) is 1. The molecule has 0 aliphatic heterocycles. The first-order valence-electron chi connectivity index (χ1n) is 13.2. The standard InChI is InChI=1S/C26H44O8/c1-4-5-6-7-8-9-23(33-26(31)20-13-11-18(3)15-22(20)25(29)30)34-32-16-19-12-10-17(2)14-21(19)24(27)28/h17-23H,4-16H2,1-3H3,(H,27,28)(H,29,30). The highest BCUT2D eigenvalue weighted by Crippen LogP contribution is 2.36. The third-order valence-electron chi connectivity index (χ3n) is 7.55. The number of carbonyl (C=O) groups excluding carboxylic acids is 1. The normalized spacial score (nSPS) is 30.4. The third-order valence-corrected chi connectivity index (χ3v) is 7.55. The maximum Gasteiger partial charge on any atom is 0.312 e. The molecule has 0 aromatic carbocycles. The molecule has 7 atom stereocenters. The van der Waals surface area contributed by atoms with Gasteiger partial charge in [0.2, 0.25) is 6.29 Å². The van der Waals surface area contributed by atoms with E-state index >= 15 is 0 Å². The Labute approximate surface area is 203 Å². The highest BCUT2D eigenvalue weighted by molar-refractivity contribution is 5.81. The topological polar surface area (TPSA) is 119 Å². The molecule has 8 heteroatoms. The fraction of sp³-hybridized carbons (Fsp3) is 0.885. The summed E-state index contributed by atoms with van der Waals surface area (Å²) < 4.78 is 5.63. The van der Waals surface area contributed by atoms with Crippen LogP contribution >= 0.6 is 0 Å². The van der Waals surface area contributed by atoms with Crippen molar-refractivity contribution in [2.75, 3.05) is 6.61 Å². The van der Waals surface area contributed by atoms with Gasteiger partial charge in [-0.05, 0) is 56.3 Å². The molecule has 0 aromatic heterocycles. The molecule has 0 spiro atoms. The van der Waals surface area contributed by atoms with Gasteiger partial charge >= 0.3 is 17.9 Å². The molecule has 8 nitrogen and oxygen atoms in total. The van der Waals surface area contributed by atoms with Gasteiger partial charge in [-0.25, -0.2) is 4.89 Å². The first kappa shape index (κ1) is 28.6. The minimum absolute atomic E-state index is 0.131. The van der Waals surface area contributed by atoms with Crippen LogP contribution in [-0.4, -0.2) is 41.0 Å². The van der Waals surface area contributed by atoms with Gasteiger partial charge in [0.15, 0.2) is 0 Å². The van der Waals surface area contributed by atoms with Gasteiger partial charge in [0.1, 0.15) is 0 Å². The molecule has 7 unspecified atom stereocenters. The fourth-order valence-electron chi connectivity index (χ4n) is 5.34. The average Bonchev–Trinajstić information content (AvgIpc) is 2.79. The van der Waals surface area contributed by atoms with Crippen molar-refractivity contribution in [1.29, 1.82) is 0 Å². The molecule has 196 valence electrons. The van der Waals surface area contributed by atoms with E-state index in [1.807, 2.05) is 6.92 Å². The Balaban J connectivity index is 1.93. The van der Waals surface area contributed by atoms with E-state index in [1.165, 1.54) is 0 Å². The molecule has 2 saturated carbocycles. The second kappa shape index (κ2) is 14.7. The van der Waals surface area contributed by atoms with Gasteiger partial charge in [-0.3, -0.25) is 14.4 Å². The summed E-state index contributed by atoms with van der Waals surface area (Å²) in [4.78, 5) is 47.2. The van der Waals surface area contributed by atoms with Crippen LogP contribution in [0.5, 0.6) is 0 Å². The van der Waals surface area contributed by atoms with Crippen molar-refractivity contribution < 1.29 is 39.1 Å². The second-order valence-corrected chi connectivity index (χ2v) is 10.5. The van der Waals surface area contributed by atoms with E-state index in [2.05, 4.69) is 13.8 Å². The number of rotatable bonds is 14. The SMILES string of the molecule is CCCCCCCC(OOCC1CCC(C)CC1C(=O)O)OC(=O)C1CCC(C)CC1C(=O)O. The highest BCUT2D eigenvalue weighted by Gasteiger charge is 2.40. The lowest BCUT2D eigenvalue weighted by Crippen LogP contribution is -2.38. The van der Waals surface area contributed by atoms with Crippen LogP contribution in [0.4, 0.5) is 0 Å². The lowest BCUT2D eigenvalue weighted by molar-refractivity contribution is -0.378. The summed E-state index contributed by atoms with van der Waals surface area (Å²) in [5, 5.41) is 19.2. The van der Waals surface area contributed by atoms with Gasteiger partial charge in [-0.1, -0.05) is 52.9 Å². The van der Waals surface area contributed by atoms with Gasteiger partial charge in [-0.15, -0.1) is 0 Å². The number of unbranched alkanes of at least 4 members (excludes halogenated alkanes) is 4. The molecule has 0 amide bonds. The van der Waals surface area contributed by atoms with Crippen molar-refractivity contribution >= 4 is 17.9 Å². The predicted molar refractivity (Wildman–Crippen MR) is 126 cm³/mol. The minimum Gasteiger partial charge on any atom is -0.481 e. The first-order valence-corrected chi connectivity index (χ1v) is 13.2. The van der Waals surface area contributed by atoms with Crippen molar-refractivity contribution in [1.82, 2.24) is 0 Å². The van der Waals surface area contributed by atoms with Crippen LogP contribution in [-0.2, 0) is 28.9 Å². The molecular formula is C26H44O8. The van der Waals surface area contributed by atoms with Gasteiger partial charge in [0, 0.05) is 6.42 Å². The predicted octanol–water partition coefficient (Wildman–Crippen LogP) is 5.44. The van der Waals surface area contributed by atoms with Crippen LogP contribution in [0.1, 0.15) is 97.8 Å². The molecule has 0 heterocycles. The molecule has 0 radical (unpaired) electrons. The van der Waals surface area contributed by atoms with Gasteiger partial charge in [0.05, 0.1) is 24.4 Å². The van der Waals surface area contributed by atoms with Crippen LogP contribution in [0.25, 0.3) is 0 Å². The number of carboxylic acids is 2. The Morgan fingerprint density at radius 3 is 2.09 bits per heavy atom. The molecule has 2 aliphatic carbocycles. The monoisotopic (exact) mass is 484 g/mol.